The van der Waals surface area contributed by atoms with E-state index in [9.17, 15) is 4.79 Å². The normalized spacial score (nSPS) is 10.4. The second-order valence-electron chi connectivity index (χ2n) is 3.60. The topological polar surface area (TPSA) is 60.5 Å². The van der Waals surface area contributed by atoms with E-state index < -0.39 is 0 Å². The Labute approximate surface area is 95.8 Å². The number of likely N-dealkylation sites (N-methyl/N-ethyl adjacent to an activating group) is 1. The maximum atomic E-state index is 12.0. The largest absolute Gasteiger partial charge is 0.383 e. The molecule has 5 nitrogen and oxygen atoms in total. The van der Waals surface area contributed by atoms with Crippen molar-refractivity contribution < 1.29 is 9.53 Å². The Hall–Kier alpha value is -1.33. The van der Waals surface area contributed by atoms with Gasteiger partial charge in [-0.25, -0.2) is 0 Å². The summed E-state index contributed by atoms with van der Waals surface area (Å²) in [7, 11) is 3.40. The smallest absolute Gasteiger partial charge is 0.270 e. The lowest BCUT2D eigenvalue weighted by atomic mass is 10.3. The van der Waals surface area contributed by atoms with Crippen LogP contribution in [0.1, 0.15) is 10.5 Å². The van der Waals surface area contributed by atoms with Crippen molar-refractivity contribution in [2.75, 3.05) is 33.9 Å². The summed E-state index contributed by atoms with van der Waals surface area (Å²) in [6.07, 6.45) is 1.88. The highest BCUT2D eigenvalue weighted by atomic mass is 16.5. The lowest BCUT2D eigenvalue weighted by Crippen LogP contribution is -2.33. The number of ether oxygens (including phenoxy) is 1. The molecule has 1 aromatic rings. The van der Waals surface area contributed by atoms with Gasteiger partial charge < -0.3 is 19.9 Å². The summed E-state index contributed by atoms with van der Waals surface area (Å²) in [6, 6.07) is 3.67. The molecule has 1 amide bonds. The molecule has 0 bridgehead atoms. The van der Waals surface area contributed by atoms with E-state index in [0.29, 0.717) is 31.9 Å². The molecule has 0 aliphatic rings. The number of nitrogens with zero attached hydrogens (tertiary/aromatic N) is 2. The minimum atomic E-state index is -0.00782. The number of rotatable bonds is 6. The summed E-state index contributed by atoms with van der Waals surface area (Å²) < 4.78 is 6.88. The van der Waals surface area contributed by atoms with Crippen LogP contribution >= 0.6 is 0 Å². The van der Waals surface area contributed by atoms with Gasteiger partial charge in [-0.1, -0.05) is 0 Å². The van der Waals surface area contributed by atoms with Gasteiger partial charge in [0, 0.05) is 40.0 Å². The van der Waals surface area contributed by atoms with Crippen LogP contribution in [0.5, 0.6) is 0 Å². The average Bonchev–Trinajstić information content (AvgIpc) is 2.73. The first-order chi connectivity index (χ1) is 7.70. The number of amides is 1. The van der Waals surface area contributed by atoms with Crippen LogP contribution in [0, 0.1) is 0 Å². The molecule has 0 saturated heterocycles. The van der Waals surface area contributed by atoms with E-state index in [1.54, 1.807) is 19.1 Å². The van der Waals surface area contributed by atoms with E-state index in [1.165, 1.54) is 0 Å². The first-order valence-electron chi connectivity index (χ1n) is 5.30. The fraction of sp³-hybridized carbons (Fsp3) is 0.545. The standard InChI is InChI=1S/C11H19N3O2/c1-13(7-5-12)11(15)10-4-3-6-14(10)8-9-16-2/h3-4,6H,5,7-9,12H2,1-2H3. The second kappa shape index (κ2) is 6.30. The molecule has 0 saturated carbocycles. The molecular formula is C11H19N3O2. The van der Waals surface area contributed by atoms with Gasteiger partial charge in [-0.15, -0.1) is 0 Å². The highest BCUT2D eigenvalue weighted by Crippen LogP contribution is 2.05. The summed E-state index contributed by atoms with van der Waals surface area (Å²) in [5.41, 5.74) is 6.09. The van der Waals surface area contributed by atoms with Gasteiger partial charge in [0.1, 0.15) is 5.69 Å². The summed E-state index contributed by atoms with van der Waals surface area (Å²) in [4.78, 5) is 13.6. The quantitative estimate of drug-likeness (QED) is 0.750. The predicted molar refractivity (Wildman–Crippen MR) is 62.3 cm³/mol. The number of methoxy groups -OCH3 is 1. The first-order valence-corrected chi connectivity index (χ1v) is 5.30. The third kappa shape index (κ3) is 3.08. The molecular weight excluding hydrogens is 206 g/mol. The van der Waals surface area contributed by atoms with Crippen LogP contribution in [-0.4, -0.2) is 49.2 Å². The number of aromatic nitrogens is 1. The molecule has 0 atom stereocenters. The molecule has 2 N–H and O–H groups in total. The van der Waals surface area contributed by atoms with Crippen molar-refractivity contribution >= 4 is 5.91 Å². The second-order valence-corrected chi connectivity index (χ2v) is 3.60. The molecule has 0 fully saturated rings. The molecule has 16 heavy (non-hydrogen) atoms. The molecule has 0 aliphatic heterocycles. The van der Waals surface area contributed by atoms with Gasteiger partial charge in [0.05, 0.1) is 6.61 Å². The SMILES string of the molecule is COCCn1cccc1C(=O)N(C)CCN. The summed E-state index contributed by atoms with van der Waals surface area (Å²) >= 11 is 0. The van der Waals surface area contributed by atoms with Crippen LogP contribution < -0.4 is 5.73 Å². The summed E-state index contributed by atoms with van der Waals surface area (Å²) in [5.74, 6) is -0.00782. The molecule has 5 heteroatoms. The lowest BCUT2D eigenvalue weighted by Gasteiger charge is -2.17. The van der Waals surface area contributed by atoms with Gasteiger partial charge in [0.2, 0.25) is 0 Å². The molecule has 0 aromatic carbocycles. The van der Waals surface area contributed by atoms with Gasteiger partial charge in [0.25, 0.3) is 5.91 Å². The summed E-state index contributed by atoms with van der Waals surface area (Å²) in [6.45, 7) is 2.31. The highest BCUT2D eigenvalue weighted by molar-refractivity contribution is 5.92. The van der Waals surface area contributed by atoms with Crippen molar-refractivity contribution in [3.63, 3.8) is 0 Å². The van der Waals surface area contributed by atoms with E-state index in [-0.39, 0.29) is 5.91 Å². The minimum absolute atomic E-state index is 0.00782. The Morgan fingerprint density at radius 2 is 2.38 bits per heavy atom. The van der Waals surface area contributed by atoms with Crippen LogP contribution in [0.4, 0.5) is 0 Å². The fourth-order valence-electron chi connectivity index (χ4n) is 1.48. The fourth-order valence-corrected chi connectivity index (χ4v) is 1.48. The van der Waals surface area contributed by atoms with E-state index in [0.717, 1.165) is 0 Å². The van der Waals surface area contributed by atoms with Crippen molar-refractivity contribution in [3.8, 4) is 0 Å². The van der Waals surface area contributed by atoms with Gasteiger partial charge >= 0.3 is 0 Å². The van der Waals surface area contributed by atoms with Crippen LogP contribution in [0.15, 0.2) is 18.3 Å². The van der Waals surface area contributed by atoms with Gasteiger partial charge in [-0.05, 0) is 12.1 Å². The van der Waals surface area contributed by atoms with E-state index >= 15 is 0 Å². The minimum Gasteiger partial charge on any atom is -0.383 e. The van der Waals surface area contributed by atoms with Crippen molar-refractivity contribution in [1.29, 1.82) is 0 Å². The highest BCUT2D eigenvalue weighted by Gasteiger charge is 2.14. The molecule has 0 spiro atoms. The number of hydrogen-bond donors (Lipinski definition) is 1. The molecule has 0 unspecified atom stereocenters. The molecule has 0 aliphatic carbocycles. The zero-order valence-electron chi connectivity index (χ0n) is 9.85. The molecule has 1 rings (SSSR count). The van der Waals surface area contributed by atoms with Crippen LogP contribution in [0.25, 0.3) is 0 Å². The number of carbonyl (C=O) groups excluding carboxylic acids is 1. The summed E-state index contributed by atoms with van der Waals surface area (Å²) in [5, 5.41) is 0. The Morgan fingerprint density at radius 1 is 1.62 bits per heavy atom. The zero-order chi connectivity index (χ0) is 12.0. The van der Waals surface area contributed by atoms with Crippen LogP contribution in [0.3, 0.4) is 0 Å². The Kier molecular flexibility index (Phi) is 5.01. The van der Waals surface area contributed by atoms with Gasteiger partial charge in [-0.2, -0.15) is 0 Å². The van der Waals surface area contributed by atoms with Crippen molar-refractivity contribution in [2.24, 2.45) is 5.73 Å². The Morgan fingerprint density at radius 3 is 3.00 bits per heavy atom. The van der Waals surface area contributed by atoms with Crippen LogP contribution in [-0.2, 0) is 11.3 Å². The van der Waals surface area contributed by atoms with Gasteiger partial charge in [0.15, 0.2) is 0 Å². The first kappa shape index (κ1) is 12.7. The van der Waals surface area contributed by atoms with E-state index in [2.05, 4.69) is 0 Å². The van der Waals surface area contributed by atoms with Crippen LogP contribution in [0.2, 0.25) is 0 Å². The third-order valence-electron chi connectivity index (χ3n) is 2.40. The molecule has 1 aromatic heterocycles. The van der Waals surface area contributed by atoms with Crippen molar-refractivity contribution in [3.05, 3.63) is 24.0 Å². The lowest BCUT2D eigenvalue weighted by molar-refractivity contribution is 0.0786. The van der Waals surface area contributed by atoms with E-state index in [4.69, 9.17) is 10.5 Å². The molecule has 0 radical (unpaired) electrons. The number of nitrogens with two attached hydrogens (primary N) is 1. The van der Waals surface area contributed by atoms with E-state index in [1.807, 2.05) is 22.9 Å². The average molecular weight is 225 g/mol. The number of hydrogen-bond acceptors (Lipinski definition) is 3. The van der Waals surface area contributed by atoms with Crippen molar-refractivity contribution in [2.45, 2.75) is 6.54 Å². The Bertz CT molecular complexity index is 336. The predicted octanol–water partition coefficient (Wildman–Crippen LogP) is 0.165. The molecule has 90 valence electrons. The zero-order valence-corrected chi connectivity index (χ0v) is 9.85. The Balaban J connectivity index is 2.71. The third-order valence-corrected chi connectivity index (χ3v) is 2.40. The maximum Gasteiger partial charge on any atom is 0.270 e. The number of carbonyl (C=O) groups is 1. The monoisotopic (exact) mass is 225 g/mol. The maximum absolute atomic E-state index is 12.0. The van der Waals surface area contributed by atoms with Crippen molar-refractivity contribution in [1.82, 2.24) is 9.47 Å². The molecule has 1 heterocycles. The van der Waals surface area contributed by atoms with Gasteiger partial charge in [-0.3, -0.25) is 4.79 Å².